The van der Waals surface area contributed by atoms with E-state index in [2.05, 4.69) is 0 Å². The number of aliphatic carboxylic acids is 1. The smallest absolute Gasteiger partial charge is 0.331 e. The maximum atomic E-state index is 11.7. The number of phenols is 1. The minimum atomic E-state index is -1.39. The number of aromatic hydroxyl groups is 1. The summed E-state index contributed by atoms with van der Waals surface area (Å²) in [6.07, 6.45) is -0.523. The van der Waals surface area contributed by atoms with Crippen molar-refractivity contribution in [1.82, 2.24) is 0 Å². The zero-order chi connectivity index (χ0) is 17.0. The fraction of sp³-hybridized carbons (Fsp3) is 0.250. The molecule has 0 aromatic heterocycles. The first-order valence-electron chi connectivity index (χ1n) is 6.84. The first-order chi connectivity index (χ1) is 10.9. The molecule has 0 saturated carbocycles. The van der Waals surface area contributed by atoms with Gasteiger partial charge in [-0.2, -0.15) is 0 Å². The molecule has 1 aromatic rings. The Hall–Kier alpha value is -2.64. The van der Waals surface area contributed by atoms with Gasteiger partial charge in [0.1, 0.15) is 11.9 Å². The van der Waals surface area contributed by atoms with Crippen LogP contribution in [0.1, 0.15) is 12.0 Å². The van der Waals surface area contributed by atoms with Crippen LogP contribution in [0.25, 0.3) is 6.08 Å². The molecule has 1 aliphatic carbocycles. The number of aliphatic hydroxyl groups is 2. The third-order valence-electron chi connectivity index (χ3n) is 3.35. The van der Waals surface area contributed by atoms with Crippen molar-refractivity contribution < 1.29 is 34.8 Å². The Morgan fingerprint density at radius 3 is 2.39 bits per heavy atom. The molecule has 7 heteroatoms. The molecule has 4 N–H and O–H groups in total. The summed E-state index contributed by atoms with van der Waals surface area (Å²) < 4.78 is 4.98. The van der Waals surface area contributed by atoms with Gasteiger partial charge in [0, 0.05) is 18.1 Å². The van der Waals surface area contributed by atoms with Crippen molar-refractivity contribution in [2.24, 2.45) is 0 Å². The van der Waals surface area contributed by atoms with Crippen LogP contribution in [0.2, 0.25) is 0 Å². The van der Waals surface area contributed by atoms with Gasteiger partial charge in [-0.05, 0) is 29.8 Å². The molecule has 0 aliphatic heterocycles. The fourth-order valence-electron chi connectivity index (χ4n) is 2.17. The van der Waals surface area contributed by atoms with Crippen LogP contribution in [0.3, 0.4) is 0 Å². The van der Waals surface area contributed by atoms with Gasteiger partial charge in [-0.25, -0.2) is 9.59 Å². The maximum Gasteiger partial charge on any atom is 0.331 e. The van der Waals surface area contributed by atoms with E-state index >= 15 is 0 Å². The van der Waals surface area contributed by atoms with E-state index in [1.54, 1.807) is 12.1 Å². The monoisotopic (exact) mass is 320 g/mol. The SMILES string of the molecule is O=C(C=Cc1ccc(O)cc1)OC1C(O)C=C(C(=O)O)CC1O. The lowest BCUT2D eigenvalue weighted by Gasteiger charge is -2.29. The minimum Gasteiger partial charge on any atom is -0.508 e. The second-order valence-electron chi connectivity index (χ2n) is 5.09. The lowest BCUT2D eigenvalue weighted by atomic mass is 9.92. The Morgan fingerprint density at radius 1 is 1.17 bits per heavy atom. The molecule has 23 heavy (non-hydrogen) atoms. The van der Waals surface area contributed by atoms with E-state index in [0.29, 0.717) is 5.56 Å². The molecule has 0 amide bonds. The van der Waals surface area contributed by atoms with E-state index in [-0.39, 0.29) is 17.7 Å². The van der Waals surface area contributed by atoms with Crippen LogP contribution in [0, 0.1) is 0 Å². The molecule has 2 rings (SSSR count). The van der Waals surface area contributed by atoms with Crippen molar-refractivity contribution >= 4 is 18.0 Å². The molecule has 0 spiro atoms. The summed E-state index contributed by atoms with van der Waals surface area (Å²) >= 11 is 0. The number of carboxylic acids is 1. The second kappa shape index (κ2) is 7.08. The second-order valence-corrected chi connectivity index (χ2v) is 5.09. The number of ether oxygens (including phenoxy) is 1. The van der Waals surface area contributed by atoms with E-state index < -0.39 is 30.3 Å². The van der Waals surface area contributed by atoms with Gasteiger partial charge in [-0.1, -0.05) is 12.1 Å². The minimum absolute atomic E-state index is 0.0965. The van der Waals surface area contributed by atoms with Gasteiger partial charge in [0.05, 0.1) is 6.10 Å². The van der Waals surface area contributed by atoms with Crippen molar-refractivity contribution in [3.63, 3.8) is 0 Å². The average molecular weight is 320 g/mol. The van der Waals surface area contributed by atoms with Gasteiger partial charge in [-0.3, -0.25) is 0 Å². The maximum absolute atomic E-state index is 11.7. The number of hydrogen-bond acceptors (Lipinski definition) is 6. The standard InChI is InChI=1S/C16H16O7/c17-11-4-1-9(2-5-11)3-6-14(20)23-15-12(18)7-10(16(21)22)8-13(15)19/h1-7,12-13,15,17-19H,8H2,(H,21,22). The molecule has 3 unspecified atom stereocenters. The number of hydrogen-bond donors (Lipinski definition) is 4. The number of benzene rings is 1. The largest absolute Gasteiger partial charge is 0.508 e. The Bertz CT molecular complexity index is 645. The Labute approximate surface area is 131 Å². The van der Waals surface area contributed by atoms with Crippen LogP contribution in [-0.2, 0) is 14.3 Å². The molecule has 0 saturated heterocycles. The normalized spacial score (nSPS) is 24.3. The molecule has 7 nitrogen and oxygen atoms in total. The highest BCUT2D eigenvalue weighted by Gasteiger charge is 2.35. The third-order valence-corrected chi connectivity index (χ3v) is 3.35. The molecular formula is C16H16O7. The molecule has 0 radical (unpaired) electrons. The zero-order valence-electron chi connectivity index (χ0n) is 12.0. The van der Waals surface area contributed by atoms with Crippen LogP contribution in [0.4, 0.5) is 0 Å². The number of carbonyl (C=O) groups excluding carboxylic acids is 1. The van der Waals surface area contributed by atoms with Crippen LogP contribution in [-0.4, -0.2) is 50.7 Å². The summed E-state index contributed by atoms with van der Waals surface area (Å²) in [5.74, 6) is -1.92. The summed E-state index contributed by atoms with van der Waals surface area (Å²) in [6, 6.07) is 6.09. The number of carbonyl (C=O) groups is 2. The van der Waals surface area contributed by atoms with E-state index in [4.69, 9.17) is 14.9 Å². The number of rotatable bonds is 4. The summed E-state index contributed by atoms with van der Waals surface area (Å²) in [5, 5.41) is 37.6. The summed E-state index contributed by atoms with van der Waals surface area (Å²) in [6.45, 7) is 0. The summed E-state index contributed by atoms with van der Waals surface area (Å²) in [7, 11) is 0. The predicted molar refractivity (Wildman–Crippen MR) is 79.4 cm³/mol. The first kappa shape index (κ1) is 16.7. The van der Waals surface area contributed by atoms with E-state index in [1.165, 1.54) is 18.2 Å². The number of phenolic OH excluding ortho intramolecular Hbond substituents is 1. The van der Waals surface area contributed by atoms with Gasteiger partial charge in [0.25, 0.3) is 0 Å². The molecule has 0 heterocycles. The Morgan fingerprint density at radius 2 is 1.83 bits per heavy atom. The van der Waals surface area contributed by atoms with Crippen molar-refractivity contribution in [3.8, 4) is 5.75 Å². The van der Waals surface area contributed by atoms with E-state index in [1.807, 2.05) is 0 Å². The molecule has 3 atom stereocenters. The molecular weight excluding hydrogens is 304 g/mol. The third kappa shape index (κ3) is 4.41. The van der Waals surface area contributed by atoms with Crippen molar-refractivity contribution in [2.75, 3.05) is 0 Å². The van der Waals surface area contributed by atoms with Crippen LogP contribution in [0.15, 0.2) is 42.0 Å². The molecule has 1 aliphatic rings. The van der Waals surface area contributed by atoms with Crippen LogP contribution >= 0.6 is 0 Å². The van der Waals surface area contributed by atoms with Gasteiger partial charge < -0.3 is 25.2 Å². The van der Waals surface area contributed by atoms with Crippen molar-refractivity contribution in [3.05, 3.63) is 47.6 Å². The zero-order valence-corrected chi connectivity index (χ0v) is 12.0. The average Bonchev–Trinajstić information content (AvgIpc) is 2.50. The highest BCUT2D eigenvalue weighted by molar-refractivity contribution is 5.88. The van der Waals surface area contributed by atoms with Gasteiger partial charge in [-0.15, -0.1) is 0 Å². The lowest BCUT2D eigenvalue weighted by Crippen LogP contribution is -2.44. The van der Waals surface area contributed by atoms with E-state index in [0.717, 1.165) is 12.2 Å². The van der Waals surface area contributed by atoms with Crippen LogP contribution in [0.5, 0.6) is 5.75 Å². The first-order valence-corrected chi connectivity index (χ1v) is 6.84. The van der Waals surface area contributed by atoms with Crippen molar-refractivity contribution in [2.45, 2.75) is 24.7 Å². The lowest BCUT2D eigenvalue weighted by molar-refractivity contribution is -0.157. The summed E-state index contributed by atoms with van der Waals surface area (Å²) in [4.78, 5) is 22.6. The van der Waals surface area contributed by atoms with Gasteiger partial charge >= 0.3 is 11.9 Å². The quantitative estimate of drug-likeness (QED) is 0.469. The summed E-state index contributed by atoms with van der Waals surface area (Å²) in [5.41, 5.74) is 0.523. The Kier molecular flexibility index (Phi) is 5.15. The fourth-order valence-corrected chi connectivity index (χ4v) is 2.17. The highest BCUT2D eigenvalue weighted by atomic mass is 16.6. The molecule has 0 fully saturated rings. The van der Waals surface area contributed by atoms with Gasteiger partial charge in [0.2, 0.25) is 0 Å². The van der Waals surface area contributed by atoms with Gasteiger partial charge in [0.15, 0.2) is 6.10 Å². The topological polar surface area (TPSA) is 124 Å². The number of carboxylic acid groups (broad SMARTS) is 1. The number of aliphatic hydroxyl groups excluding tert-OH is 2. The van der Waals surface area contributed by atoms with Crippen molar-refractivity contribution in [1.29, 1.82) is 0 Å². The predicted octanol–water partition coefficient (Wildman–Crippen LogP) is 0.454. The van der Waals surface area contributed by atoms with E-state index in [9.17, 15) is 19.8 Å². The number of esters is 1. The molecule has 1 aromatic carbocycles. The highest BCUT2D eigenvalue weighted by Crippen LogP contribution is 2.22. The molecule has 122 valence electrons. The van der Waals surface area contributed by atoms with Crippen LogP contribution < -0.4 is 0 Å². The molecule has 0 bridgehead atoms. The Balaban J connectivity index is 2.00.